The Kier molecular flexibility index (Phi) is 4.86. The summed E-state index contributed by atoms with van der Waals surface area (Å²) >= 11 is 0. The molecule has 0 spiro atoms. The first kappa shape index (κ1) is 15.9. The highest BCUT2D eigenvalue weighted by atomic mass is 16.5. The van der Waals surface area contributed by atoms with Gasteiger partial charge in [-0.05, 0) is 19.0 Å². The molecular weight excluding hydrogens is 290 g/mol. The number of methoxy groups -OCH3 is 2. The van der Waals surface area contributed by atoms with Crippen molar-refractivity contribution >= 4 is 0 Å². The molecule has 1 fully saturated rings. The molecule has 0 aliphatic carbocycles. The highest BCUT2D eigenvalue weighted by Gasteiger charge is 2.27. The number of hydrogen-bond donors (Lipinski definition) is 0. The molecule has 0 amide bonds. The van der Waals surface area contributed by atoms with Gasteiger partial charge in [0, 0.05) is 50.4 Å². The number of para-hydroxylation sites is 1. The van der Waals surface area contributed by atoms with E-state index in [9.17, 15) is 0 Å². The molecule has 1 aliphatic rings. The molecule has 5 heteroatoms. The molecule has 1 saturated heterocycles. The fraction of sp³-hybridized carbons (Fsp3) is 0.500. The van der Waals surface area contributed by atoms with Crippen molar-refractivity contribution < 1.29 is 9.47 Å². The van der Waals surface area contributed by atoms with E-state index < -0.39 is 0 Å². The Balaban J connectivity index is 1.65. The fourth-order valence-corrected chi connectivity index (χ4v) is 3.42. The van der Waals surface area contributed by atoms with Crippen LogP contribution < -0.4 is 9.47 Å². The van der Waals surface area contributed by atoms with E-state index >= 15 is 0 Å². The van der Waals surface area contributed by atoms with E-state index in [-0.39, 0.29) is 0 Å². The normalized spacial score (nSPS) is 18.3. The molecule has 1 aliphatic heterocycles. The van der Waals surface area contributed by atoms with E-state index in [1.54, 1.807) is 14.2 Å². The van der Waals surface area contributed by atoms with Crippen LogP contribution in [-0.2, 0) is 13.5 Å². The van der Waals surface area contributed by atoms with Crippen molar-refractivity contribution in [3.63, 3.8) is 0 Å². The highest BCUT2D eigenvalue weighted by molar-refractivity contribution is 5.48. The van der Waals surface area contributed by atoms with Gasteiger partial charge in [-0.1, -0.05) is 12.1 Å². The summed E-state index contributed by atoms with van der Waals surface area (Å²) in [6.45, 7) is 3.23. The van der Waals surface area contributed by atoms with Crippen molar-refractivity contribution in [1.82, 2.24) is 14.5 Å². The minimum atomic E-state index is 0.501. The molecule has 23 heavy (non-hydrogen) atoms. The lowest BCUT2D eigenvalue weighted by atomic mass is 9.97. The van der Waals surface area contributed by atoms with Gasteiger partial charge in [0.1, 0.15) is 5.82 Å². The summed E-state index contributed by atoms with van der Waals surface area (Å²) < 4.78 is 13.1. The number of nitrogens with zero attached hydrogens (tertiary/aromatic N) is 3. The average molecular weight is 315 g/mol. The molecule has 1 atom stereocenters. The van der Waals surface area contributed by atoms with Crippen molar-refractivity contribution in [2.75, 3.05) is 33.9 Å². The third-order valence-corrected chi connectivity index (χ3v) is 4.72. The second-order valence-electron chi connectivity index (χ2n) is 6.07. The van der Waals surface area contributed by atoms with Gasteiger partial charge < -0.3 is 18.9 Å². The van der Waals surface area contributed by atoms with E-state index in [2.05, 4.69) is 27.6 Å². The van der Waals surface area contributed by atoms with Gasteiger partial charge >= 0.3 is 0 Å². The Morgan fingerprint density at radius 2 is 2.13 bits per heavy atom. The van der Waals surface area contributed by atoms with Crippen LogP contribution in [0.15, 0.2) is 30.6 Å². The third-order valence-electron chi connectivity index (χ3n) is 4.72. The Bertz CT molecular complexity index is 653. The molecule has 3 rings (SSSR count). The molecule has 0 saturated carbocycles. The van der Waals surface area contributed by atoms with Gasteiger partial charge in [-0.3, -0.25) is 0 Å². The first-order chi connectivity index (χ1) is 11.2. The van der Waals surface area contributed by atoms with Crippen LogP contribution in [-0.4, -0.2) is 48.3 Å². The quantitative estimate of drug-likeness (QED) is 0.821. The van der Waals surface area contributed by atoms with E-state index in [4.69, 9.17) is 9.47 Å². The van der Waals surface area contributed by atoms with Crippen molar-refractivity contribution in [2.45, 2.75) is 18.8 Å². The zero-order chi connectivity index (χ0) is 16.2. The van der Waals surface area contributed by atoms with E-state index in [0.717, 1.165) is 49.8 Å². The largest absolute Gasteiger partial charge is 0.493 e. The Morgan fingerprint density at radius 3 is 2.83 bits per heavy atom. The first-order valence-corrected chi connectivity index (χ1v) is 8.12. The van der Waals surface area contributed by atoms with E-state index in [1.165, 1.54) is 5.56 Å². The minimum absolute atomic E-state index is 0.501. The van der Waals surface area contributed by atoms with Gasteiger partial charge in [0.25, 0.3) is 0 Å². The van der Waals surface area contributed by atoms with Crippen LogP contribution in [0, 0.1) is 0 Å². The molecule has 5 nitrogen and oxygen atoms in total. The van der Waals surface area contributed by atoms with Gasteiger partial charge in [0.2, 0.25) is 0 Å². The number of benzene rings is 1. The summed E-state index contributed by atoms with van der Waals surface area (Å²) in [5, 5.41) is 0. The molecule has 1 aromatic heterocycles. The van der Waals surface area contributed by atoms with E-state index in [1.807, 2.05) is 24.5 Å². The SMILES string of the molecule is COc1cccc(C2CCN(CCc3nccn3C)C2)c1OC. The number of aryl methyl sites for hydroxylation is 1. The van der Waals surface area contributed by atoms with Crippen LogP contribution in [0.3, 0.4) is 0 Å². The van der Waals surface area contributed by atoms with Gasteiger partial charge in [0.15, 0.2) is 11.5 Å². The predicted octanol–water partition coefficient (Wildman–Crippen LogP) is 2.47. The molecule has 0 N–H and O–H groups in total. The lowest BCUT2D eigenvalue weighted by molar-refractivity contribution is 0.330. The van der Waals surface area contributed by atoms with E-state index in [0.29, 0.717) is 5.92 Å². The standard InChI is InChI=1S/C18H25N3O2/c1-20-12-9-19-17(20)8-11-21-10-7-14(13-21)15-5-4-6-16(22-2)18(15)23-3/h4-6,9,12,14H,7-8,10-11,13H2,1-3H3. The van der Waals surface area contributed by atoms with Crippen molar-refractivity contribution in [3.05, 3.63) is 42.0 Å². The third kappa shape index (κ3) is 3.34. The zero-order valence-electron chi connectivity index (χ0n) is 14.2. The lowest BCUT2D eigenvalue weighted by Gasteiger charge is -2.18. The molecule has 1 aromatic carbocycles. The molecular formula is C18H25N3O2. The second-order valence-corrected chi connectivity index (χ2v) is 6.07. The molecule has 0 radical (unpaired) electrons. The number of ether oxygens (including phenoxy) is 2. The van der Waals surface area contributed by atoms with Crippen LogP contribution in [0.4, 0.5) is 0 Å². The van der Waals surface area contributed by atoms with Crippen LogP contribution in [0.25, 0.3) is 0 Å². The van der Waals surface area contributed by atoms with Crippen LogP contribution in [0.1, 0.15) is 23.7 Å². The average Bonchev–Trinajstić information content (AvgIpc) is 3.21. The maximum atomic E-state index is 5.59. The Labute approximate surface area is 137 Å². The molecule has 124 valence electrons. The molecule has 2 heterocycles. The predicted molar refractivity (Wildman–Crippen MR) is 90.3 cm³/mol. The van der Waals surface area contributed by atoms with Gasteiger partial charge in [-0.25, -0.2) is 4.98 Å². The molecule has 1 unspecified atom stereocenters. The van der Waals surface area contributed by atoms with Crippen molar-refractivity contribution in [3.8, 4) is 11.5 Å². The van der Waals surface area contributed by atoms with Crippen molar-refractivity contribution in [2.24, 2.45) is 7.05 Å². The smallest absolute Gasteiger partial charge is 0.164 e. The van der Waals surface area contributed by atoms with Gasteiger partial charge in [-0.2, -0.15) is 0 Å². The highest BCUT2D eigenvalue weighted by Crippen LogP contribution is 2.39. The van der Waals surface area contributed by atoms with Crippen LogP contribution in [0.2, 0.25) is 0 Å². The Hall–Kier alpha value is -2.01. The molecule has 0 bridgehead atoms. The number of aromatic nitrogens is 2. The van der Waals surface area contributed by atoms with Crippen LogP contribution in [0.5, 0.6) is 11.5 Å². The monoisotopic (exact) mass is 315 g/mol. The number of rotatable bonds is 6. The minimum Gasteiger partial charge on any atom is -0.493 e. The second kappa shape index (κ2) is 7.04. The summed E-state index contributed by atoms with van der Waals surface area (Å²) in [6.07, 6.45) is 6.02. The zero-order valence-corrected chi connectivity index (χ0v) is 14.2. The van der Waals surface area contributed by atoms with Crippen molar-refractivity contribution in [1.29, 1.82) is 0 Å². The van der Waals surface area contributed by atoms with Crippen LogP contribution >= 0.6 is 0 Å². The number of hydrogen-bond acceptors (Lipinski definition) is 4. The fourth-order valence-electron chi connectivity index (χ4n) is 3.42. The summed E-state index contributed by atoms with van der Waals surface area (Å²) in [5.41, 5.74) is 1.26. The number of imidazole rings is 1. The first-order valence-electron chi connectivity index (χ1n) is 8.12. The summed E-state index contributed by atoms with van der Waals surface area (Å²) in [4.78, 5) is 6.92. The summed E-state index contributed by atoms with van der Waals surface area (Å²) in [7, 11) is 5.46. The lowest BCUT2D eigenvalue weighted by Crippen LogP contribution is -2.24. The molecule has 2 aromatic rings. The van der Waals surface area contributed by atoms with Gasteiger partial charge in [-0.15, -0.1) is 0 Å². The maximum Gasteiger partial charge on any atom is 0.164 e. The number of likely N-dealkylation sites (tertiary alicyclic amines) is 1. The maximum absolute atomic E-state index is 5.59. The van der Waals surface area contributed by atoms with Gasteiger partial charge in [0.05, 0.1) is 14.2 Å². The summed E-state index contributed by atoms with van der Waals surface area (Å²) in [6, 6.07) is 6.16. The Morgan fingerprint density at radius 1 is 1.26 bits per heavy atom. The summed E-state index contributed by atoms with van der Waals surface area (Å²) in [5.74, 6) is 3.34. The topological polar surface area (TPSA) is 39.5 Å².